The van der Waals surface area contributed by atoms with Crippen LogP contribution in [0.2, 0.25) is 0 Å². The van der Waals surface area contributed by atoms with E-state index in [0.717, 1.165) is 24.7 Å². The molecule has 7 nitrogen and oxygen atoms in total. The number of ketones is 2. The van der Waals surface area contributed by atoms with E-state index in [1.165, 1.54) is 24.3 Å². The van der Waals surface area contributed by atoms with Crippen molar-refractivity contribution in [1.29, 1.82) is 0 Å². The Morgan fingerprint density at radius 1 is 1.14 bits per heavy atom. The molecule has 0 amide bonds. The summed E-state index contributed by atoms with van der Waals surface area (Å²) in [6.07, 6.45) is 7.25. The van der Waals surface area contributed by atoms with E-state index in [4.69, 9.17) is 4.74 Å². The highest BCUT2D eigenvalue weighted by Gasteiger charge is 2.31. The summed E-state index contributed by atoms with van der Waals surface area (Å²) in [7, 11) is -3.64. The van der Waals surface area contributed by atoms with Crippen LogP contribution in [0.1, 0.15) is 45.0 Å². The van der Waals surface area contributed by atoms with Gasteiger partial charge >= 0.3 is 0 Å². The fourth-order valence-corrected chi connectivity index (χ4v) is 4.72. The molecule has 0 unspecified atom stereocenters. The van der Waals surface area contributed by atoms with E-state index in [-0.39, 0.29) is 27.6 Å². The van der Waals surface area contributed by atoms with E-state index in [0.29, 0.717) is 18.9 Å². The second-order valence-electron chi connectivity index (χ2n) is 7.18. The van der Waals surface area contributed by atoms with Crippen molar-refractivity contribution in [1.82, 2.24) is 4.98 Å². The molecule has 8 heteroatoms. The molecule has 1 aliphatic heterocycles. The summed E-state index contributed by atoms with van der Waals surface area (Å²) in [6.45, 7) is 1.35. The summed E-state index contributed by atoms with van der Waals surface area (Å²) < 4.78 is 29.5. The molecule has 1 aromatic carbocycles. The number of hydrogen-bond acceptors (Lipinski definition) is 7. The van der Waals surface area contributed by atoms with Crippen molar-refractivity contribution >= 4 is 27.1 Å². The predicted molar refractivity (Wildman–Crippen MR) is 107 cm³/mol. The van der Waals surface area contributed by atoms with Gasteiger partial charge in [0.25, 0.3) is 0 Å². The Labute approximate surface area is 168 Å². The Hall–Kier alpha value is -2.84. The molecule has 2 heterocycles. The molecule has 1 aromatic heterocycles. The molecule has 29 heavy (non-hydrogen) atoms. The highest BCUT2D eigenvalue weighted by molar-refractivity contribution is 7.90. The molecule has 1 aliphatic carbocycles. The summed E-state index contributed by atoms with van der Waals surface area (Å²) in [6, 6.07) is 6.20. The van der Waals surface area contributed by atoms with Gasteiger partial charge in [-0.3, -0.25) is 14.6 Å². The summed E-state index contributed by atoms with van der Waals surface area (Å²) in [4.78, 5) is 29.7. The van der Waals surface area contributed by atoms with Crippen molar-refractivity contribution in [3.05, 3.63) is 65.1 Å². The number of hydrogen-bond donors (Lipinski definition) is 1. The van der Waals surface area contributed by atoms with Crippen LogP contribution in [0.25, 0.3) is 0 Å². The molecule has 1 N–H and O–H groups in total. The lowest BCUT2D eigenvalue weighted by molar-refractivity contribution is 0.0854. The van der Waals surface area contributed by atoms with E-state index in [2.05, 4.69) is 10.3 Å². The van der Waals surface area contributed by atoms with Gasteiger partial charge in [-0.15, -0.1) is 0 Å². The van der Waals surface area contributed by atoms with Crippen LogP contribution in [-0.2, 0) is 14.6 Å². The first-order valence-corrected chi connectivity index (χ1v) is 11.2. The van der Waals surface area contributed by atoms with Crippen molar-refractivity contribution in [2.45, 2.75) is 23.7 Å². The lowest BCUT2D eigenvalue weighted by Gasteiger charge is -2.25. The Balaban J connectivity index is 1.70. The van der Waals surface area contributed by atoms with Crippen LogP contribution >= 0.6 is 0 Å². The molecule has 2 aliphatic rings. The molecule has 0 atom stereocenters. The number of allylic oxidation sites excluding steroid dienone is 2. The third kappa shape index (κ3) is 3.73. The van der Waals surface area contributed by atoms with E-state index >= 15 is 0 Å². The Morgan fingerprint density at radius 3 is 2.62 bits per heavy atom. The minimum Gasteiger partial charge on any atom is -0.381 e. The van der Waals surface area contributed by atoms with Crippen molar-refractivity contribution < 1.29 is 22.7 Å². The first-order chi connectivity index (χ1) is 13.9. The first kappa shape index (κ1) is 19.5. The fraction of sp³-hybridized carbons (Fsp3) is 0.286. The second kappa shape index (κ2) is 7.53. The molecule has 0 saturated carbocycles. The van der Waals surface area contributed by atoms with Crippen molar-refractivity contribution in [2.75, 3.05) is 24.8 Å². The quantitative estimate of drug-likeness (QED) is 0.824. The van der Waals surface area contributed by atoms with E-state index in [1.54, 1.807) is 12.4 Å². The van der Waals surface area contributed by atoms with Crippen LogP contribution in [0.4, 0.5) is 5.69 Å². The highest BCUT2D eigenvalue weighted by Crippen LogP contribution is 2.34. The minimum atomic E-state index is -3.64. The second-order valence-corrected chi connectivity index (χ2v) is 9.16. The number of nitrogens with one attached hydrogen (secondary N) is 1. The first-order valence-electron chi connectivity index (χ1n) is 9.28. The zero-order valence-electron chi connectivity index (χ0n) is 15.8. The summed E-state index contributed by atoms with van der Waals surface area (Å²) >= 11 is 0. The number of fused-ring (bicyclic) bond motifs is 1. The normalized spacial score (nSPS) is 17.6. The number of rotatable bonds is 4. The molecule has 0 bridgehead atoms. The van der Waals surface area contributed by atoms with Crippen molar-refractivity contribution in [2.24, 2.45) is 0 Å². The Bertz CT molecular complexity index is 1130. The van der Waals surface area contributed by atoms with Crippen LogP contribution in [0.3, 0.4) is 0 Å². The van der Waals surface area contributed by atoms with Gasteiger partial charge in [-0.05, 0) is 36.5 Å². The number of carbonyl (C=O) groups is 2. The van der Waals surface area contributed by atoms with Crippen LogP contribution in [-0.4, -0.2) is 44.4 Å². The number of benzene rings is 1. The van der Waals surface area contributed by atoms with Gasteiger partial charge < -0.3 is 10.1 Å². The number of ether oxygens (including phenoxy) is 1. The average Bonchev–Trinajstić information content (AvgIpc) is 2.72. The predicted octanol–water partition coefficient (Wildman–Crippen LogP) is 2.75. The van der Waals surface area contributed by atoms with Crippen LogP contribution in [0.15, 0.2) is 53.3 Å². The SMILES string of the molecule is CS(=O)(=O)c1cccc2c1C(=O)C=C(Nc1cnccc1C1CCOCC1)C2=O. The Morgan fingerprint density at radius 2 is 1.90 bits per heavy atom. The molecule has 0 radical (unpaired) electrons. The fourth-order valence-electron chi connectivity index (χ4n) is 3.81. The number of anilines is 1. The molecule has 1 fully saturated rings. The van der Waals surface area contributed by atoms with E-state index in [1.807, 2.05) is 6.07 Å². The molecular weight excluding hydrogens is 392 g/mol. The maximum Gasteiger partial charge on any atom is 0.210 e. The summed E-state index contributed by atoms with van der Waals surface area (Å²) in [5.74, 6) is -0.667. The van der Waals surface area contributed by atoms with Gasteiger partial charge in [0.1, 0.15) is 0 Å². The summed E-state index contributed by atoms with van der Waals surface area (Å²) in [5, 5.41) is 3.06. The number of Topliss-reactive ketones (excluding diaryl/α,β-unsaturated/α-hetero) is 1. The van der Waals surface area contributed by atoms with Gasteiger partial charge in [0.15, 0.2) is 15.6 Å². The molecule has 2 aromatic rings. The number of aromatic nitrogens is 1. The monoisotopic (exact) mass is 412 g/mol. The number of sulfone groups is 1. The zero-order valence-corrected chi connectivity index (χ0v) is 16.7. The maximum absolute atomic E-state index is 13.0. The molecular formula is C21H20N2O5S. The third-order valence-corrected chi connectivity index (χ3v) is 6.36. The van der Waals surface area contributed by atoms with Gasteiger partial charge in [0.2, 0.25) is 5.78 Å². The van der Waals surface area contributed by atoms with Crippen LogP contribution < -0.4 is 5.32 Å². The maximum atomic E-state index is 13.0. The molecule has 4 rings (SSSR count). The lowest BCUT2D eigenvalue weighted by atomic mass is 9.90. The van der Waals surface area contributed by atoms with Gasteiger partial charge in [0.05, 0.1) is 28.0 Å². The zero-order chi connectivity index (χ0) is 20.6. The number of nitrogens with zero attached hydrogens (tertiary/aromatic N) is 1. The van der Waals surface area contributed by atoms with E-state index < -0.39 is 21.4 Å². The lowest BCUT2D eigenvalue weighted by Crippen LogP contribution is -2.24. The van der Waals surface area contributed by atoms with E-state index in [9.17, 15) is 18.0 Å². The Kier molecular flexibility index (Phi) is 5.06. The molecule has 1 saturated heterocycles. The van der Waals surface area contributed by atoms with Gasteiger partial charge in [-0.1, -0.05) is 12.1 Å². The smallest absolute Gasteiger partial charge is 0.210 e. The van der Waals surface area contributed by atoms with Crippen molar-refractivity contribution in [3.63, 3.8) is 0 Å². The average molecular weight is 412 g/mol. The minimum absolute atomic E-state index is 0.0682. The number of carbonyl (C=O) groups excluding carboxylic acids is 2. The standard InChI is InChI=1S/C21H20N2O5S/c1-29(26,27)19-4-2-3-15-20(19)18(24)11-16(21(15)25)23-17-12-22-8-5-14(17)13-6-9-28-10-7-13/h2-5,8,11-13,23H,6-7,9-10H2,1H3. The summed E-state index contributed by atoms with van der Waals surface area (Å²) in [5.41, 5.74) is 1.80. The van der Waals surface area contributed by atoms with Gasteiger partial charge in [-0.2, -0.15) is 0 Å². The van der Waals surface area contributed by atoms with Gasteiger partial charge in [-0.25, -0.2) is 8.42 Å². The van der Waals surface area contributed by atoms with Crippen LogP contribution in [0, 0.1) is 0 Å². The largest absolute Gasteiger partial charge is 0.381 e. The van der Waals surface area contributed by atoms with Crippen molar-refractivity contribution in [3.8, 4) is 0 Å². The molecule has 0 spiro atoms. The highest BCUT2D eigenvalue weighted by atomic mass is 32.2. The van der Waals surface area contributed by atoms with Gasteiger partial charge in [0, 0.05) is 37.3 Å². The van der Waals surface area contributed by atoms with Crippen LogP contribution in [0.5, 0.6) is 0 Å². The molecule has 150 valence electrons. The topological polar surface area (TPSA) is 102 Å². The number of pyridine rings is 1. The third-order valence-electron chi connectivity index (χ3n) is 5.22.